The molecule has 0 bridgehead atoms. The maximum Gasteiger partial charge on any atom is 0.343 e. The van der Waals surface area contributed by atoms with Crippen molar-refractivity contribution in [3.63, 3.8) is 0 Å². The van der Waals surface area contributed by atoms with Gasteiger partial charge in [0.05, 0.1) is 5.56 Å². The Kier molecular flexibility index (Phi) is 8.12. The highest BCUT2D eigenvalue weighted by Gasteiger charge is 2.26. The lowest BCUT2D eigenvalue weighted by Crippen LogP contribution is -2.14. The van der Waals surface area contributed by atoms with Gasteiger partial charge in [0.2, 0.25) is 5.82 Å². The van der Waals surface area contributed by atoms with Crippen molar-refractivity contribution in [3.8, 4) is 16.9 Å². The third-order valence-electron chi connectivity index (χ3n) is 7.26. The third-order valence-corrected chi connectivity index (χ3v) is 7.26. The van der Waals surface area contributed by atoms with Crippen LogP contribution in [0.3, 0.4) is 0 Å². The summed E-state index contributed by atoms with van der Waals surface area (Å²) in [4.78, 5) is 12.5. The Hall–Kier alpha value is -3.15. The lowest BCUT2D eigenvalue weighted by molar-refractivity contribution is 0.0726. The Bertz CT molecular complexity index is 1230. The van der Waals surface area contributed by atoms with Gasteiger partial charge in [-0.3, -0.25) is 0 Å². The standard InChI is InChI=1S/C30H30F4O2/c1-3-5-21-14-17-25(29(34)26(21)31)36-30(35)22-12-10-20(11-13-22)24-16-15-23(27(32)28(24)33)19-8-6-18(4-2)7-9-19/h10-19H,3-9H2,1-2H3. The summed E-state index contributed by atoms with van der Waals surface area (Å²) in [6.07, 6.45) is 5.91. The average molecular weight is 499 g/mol. The first kappa shape index (κ1) is 25.9. The van der Waals surface area contributed by atoms with E-state index in [-0.39, 0.29) is 22.6 Å². The summed E-state index contributed by atoms with van der Waals surface area (Å²) >= 11 is 0. The van der Waals surface area contributed by atoms with E-state index in [4.69, 9.17) is 4.74 Å². The fraction of sp³-hybridized carbons (Fsp3) is 0.367. The van der Waals surface area contributed by atoms with Crippen LogP contribution in [0.15, 0.2) is 48.5 Å². The van der Waals surface area contributed by atoms with Gasteiger partial charge in [-0.05, 0) is 78.8 Å². The van der Waals surface area contributed by atoms with Crippen LogP contribution in [0.2, 0.25) is 0 Å². The molecule has 1 aliphatic rings. The number of ether oxygens (including phenoxy) is 1. The molecule has 2 nitrogen and oxygen atoms in total. The summed E-state index contributed by atoms with van der Waals surface area (Å²) in [5.74, 6) is -4.68. The first-order valence-electron chi connectivity index (χ1n) is 12.6. The second kappa shape index (κ2) is 11.3. The van der Waals surface area contributed by atoms with Crippen LogP contribution in [-0.2, 0) is 6.42 Å². The lowest BCUT2D eigenvalue weighted by atomic mass is 9.77. The largest absolute Gasteiger partial charge is 0.420 e. The quantitative estimate of drug-likeness (QED) is 0.185. The van der Waals surface area contributed by atoms with Gasteiger partial charge in [-0.1, -0.05) is 57.0 Å². The van der Waals surface area contributed by atoms with Gasteiger partial charge < -0.3 is 4.74 Å². The number of esters is 1. The predicted molar refractivity (Wildman–Crippen MR) is 132 cm³/mol. The normalized spacial score (nSPS) is 17.7. The van der Waals surface area contributed by atoms with Crippen LogP contribution in [0.4, 0.5) is 17.6 Å². The van der Waals surface area contributed by atoms with Crippen molar-refractivity contribution >= 4 is 5.97 Å². The first-order valence-corrected chi connectivity index (χ1v) is 12.6. The van der Waals surface area contributed by atoms with Crippen molar-refractivity contribution in [1.29, 1.82) is 0 Å². The number of carbonyl (C=O) groups is 1. The van der Waals surface area contributed by atoms with Crippen LogP contribution in [0.5, 0.6) is 5.75 Å². The summed E-state index contributed by atoms with van der Waals surface area (Å²) in [5.41, 5.74) is 1.20. The Labute approximate surface area is 209 Å². The number of carbonyl (C=O) groups excluding carboxylic acids is 1. The maximum atomic E-state index is 15.0. The van der Waals surface area contributed by atoms with Crippen molar-refractivity contribution in [2.45, 2.75) is 64.7 Å². The fourth-order valence-corrected chi connectivity index (χ4v) is 5.04. The number of aryl methyl sites for hydroxylation is 1. The molecule has 0 atom stereocenters. The smallest absolute Gasteiger partial charge is 0.343 e. The van der Waals surface area contributed by atoms with E-state index >= 15 is 4.39 Å². The van der Waals surface area contributed by atoms with Crippen molar-refractivity contribution in [3.05, 3.63) is 88.5 Å². The topological polar surface area (TPSA) is 26.3 Å². The zero-order valence-electron chi connectivity index (χ0n) is 20.6. The highest BCUT2D eigenvalue weighted by molar-refractivity contribution is 5.91. The zero-order chi connectivity index (χ0) is 25.8. The summed E-state index contributed by atoms with van der Waals surface area (Å²) in [5, 5.41) is 0. The van der Waals surface area contributed by atoms with Crippen LogP contribution < -0.4 is 4.74 Å². The Morgan fingerprint density at radius 3 is 2.14 bits per heavy atom. The molecule has 1 aliphatic carbocycles. The van der Waals surface area contributed by atoms with E-state index in [0.717, 1.165) is 32.1 Å². The minimum absolute atomic E-state index is 0.0229. The SMILES string of the molecule is CCCc1ccc(OC(=O)c2ccc(-c3ccc(C4CCC(CC)CC4)c(F)c3F)cc2)c(F)c1F. The molecule has 0 unspecified atom stereocenters. The molecule has 0 spiro atoms. The van der Waals surface area contributed by atoms with Gasteiger partial charge in [0.25, 0.3) is 0 Å². The molecular weight excluding hydrogens is 468 g/mol. The van der Waals surface area contributed by atoms with E-state index in [9.17, 15) is 18.0 Å². The molecule has 36 heavy (non-hydrogen) atoms. The zero-order valence-corrected chi connectivity index (χ0v) is 20.6. The number of hydrogen-bond acceptors (Lipinski definition) is 2. The van der Waals surface area contributed by atoms with E-state index < -0.39 is 35.0 Å². The van der Waals surface area contributed by atoms with Gasteiger partial charge in [-0.25, -0.2) is 18.0 Å². The van der Waals surface area contributed by atoms with E-state index in [2.05, 4.69) is 6.92 Å². The van der Waals surface area contributed by atoms with Crippen LogP contribution in [0, 0.1) is 29.2 Å². The van der Waals surface area contributed by atoms with Crippen LogP contribution in [-0.4, -0.2) is 5.97 Å². The first-order chi connectivity index (χ1) is 17.3. The summed E-state index contributed by atoms with van der Waals surface area (Å²) in [6, 6.07) is 11.6. The fourth-order valence-electron chi connectivity index (χ4n) is 5.04. The number of hydrogen-bond donors (Lipinski definition) is 0. The summed E-state index contributed by atoms with van der Waals surface area (Å²) in [7, 11) is 0. The van der Waals surface area contributed by atoms with Crippen LogP contribution in [0.1, 0.15) is 79.8 Å². The van der Waals surface area contributed by atoms with Gasteiger partial charge in [-0.15, -0.1) is 0 Å². The van der Waals surface area contributed by atoms with E-state index in [1.54, 1.807) is 12.1 Å². The monoisotopic (exact) mass is 498 g/mol. The van der Waals surface area contributed by atoms with Crippen molar-refractivity contribution < 1.29 is 27.1 Å². The second-order valence-corrected chi connectivity index (χ2v) is 9.52. The molecule has 0 radical (unpaired) electrons. The van der Waals surface area contributed by atoms with E-state index in [1.807, 2.05) is 6.92 Å². The molecule has 0 N–H and O–H groups in total. The molecule has 0 aliphatic heterocycles. The van der Waals surface area contributed by atoms with Crippen LogP contribution in [0.25, 0.3) is 11.1 Å². The molecule has 0 saturated heterocycles. The minimum atomic E-state index is -1.22. The number of rotatable bonds is 7. The molecule has 3 aromatic rings. The average Bonchev–Trinajstić information content (AvgIpc) is 2.90. The van der Waals surface area contributed by atoms with Crippen molar-refractivity contribution in [1.82, 2.24) is 0 Å². The van der Waals surface area contributed by atoms with Gasteiger partial charge in [0.15, 0.2) is 23.2 Å². The van der Waals surface area contributed by atoms with Crippen molar-refractivity contribution in [2.24, 2.45) is 5.92 Å². The van der Waals surface area contributed by atoms with Gasteiger partial charge in [0, 0.05) is 5.56 Å². The summed E-state index contributed by atoms with van der Waals surface area (Å²) in [6.45, 7) is 4.01. The van der Waals surface area contributed by atoms with E-state index in [0.29, 0.717) is 29.9 Å². The minimum Gasteiger partial charge on any atom is -0.420 e. The molecule has 0 aromatic heterocycles. The van der Waals surface area contributed by atoms with Gasteiger partial charge in [-0.2, -0.15) is 4.39 Å². The molecule has 3 aromatic carbocycles. The Morgan fingerprint density at radius 1 is 0.806 bits per heavy atom. The Balaban J connectivity index is 1.49. The molecule has 190 valence electrons. The number of benzene rings is 3. The molecule has 0 amide bonds. The molecule has 1 fully saturated rings. The third kappa shape index (κ3) is 5.32. The molecule has 4 rings (SSSR count). The highest BCUT2D eigenvalue weighted by Crippen LogP contribution is 2.39. The molecule has 1 saturated carbocycles. The van der Waals surface area contributed by atoms with Gasteiger partial charge >= 0.3 is 5.97 Å². The van der Waals surface area contributed by atoms with E-state index in [1.165, 1.54) is 36.4 Å². The molecule has 0 heterocycles. The predicted octanol–water partition coefficient (Wildman–Crippen LogP) is 8.77. The summed E-state index contributed by atoms with van der Waals surface area (Å²) < 4.78 is 63.5. The Morgan fingerprint density at radius 2 is 1.50 bits per heavy atom. The highest BCUT2D eigenvalue weighted by atomic mass is 19.2. The van der Waals surface area contributed by atoms with Gasteiger partial charge in [0.1, 0.15) is 0 Å². The number of halogens is 4. The lowest BCUT2D eigenvalue weighted by Gasteiger charge is -2.28. The molecule has 6 heteroatoms. The second-order valence-electron chi connectivity index (χ2n) is 9.52. The molecular formula is C30H30F4O2. The maximum absolute atomic E-state index is 15.0. The van der Waals surface area contributed by atoms with Crippen LogP contribution >= 0.6 is 0 Å². The van der Waals surface area contributed by atoms with Crippen molar-refractivity contribution in [2.75, 3.05) is 0 Å².